The molecule has 1 aliphatic carbocycles. The van der Waals surface area contributed by atoms with Crippen LogP contribution in [0.15, 0.2) is 18.2 Å². The molecule has 21 heavy (non-hydrogen) atoms. The molecule has 1 aromatic carbocycles. The molecule has 118 valence electrons. The molecule has 1 aromatic rings. The number of ether oxygens (including phenoxy) is 1. The van der Waals surface area contributed by atoms with Gasteiger partial charge in [-0.1, -0.05) is 25.8 Å². The first kappa shape index (κ1) is 16.2. The van der Waals surface area contributed by atoms with Crippen molar-refractivity contribution in [2.75, 3.05) is 20.7 Å². The van der Waals surface area contributed by atoms with Crippen molar-refractivity contribution >= 4 is 0 Å². The number of nitrogens with zero attached hydrogens (tertiary/aromatic N) is 1. The van der Waals surface area contributed by atoms with Gasteiger partial charge in [-0.05, 0) is 43.5 Å². The zero-order valence-corrected chi connectivity index (χ0v) is 13.3. The van der Waals surface area contributed by atoms with Crippen LogP contribution in [-0.2, 0) is 0 Å². The maximum absolute atomic E-state index is 13.9. The highest BCUT2D eigenvalue weighted by Gasteiger charge is 2.27. The van der Waals surface area contributed by atoms with Crippen molar-refractivity contribution in [1.82, 2.24) is 4.90 Å². The van der Waals surface area contributed by atoms with Gasteiger partial charge in [0.15, 0.2) is 11.6 Å². The van der Waals surface area contributed by atoms with Gasteiger partial charge < -0.3 is 10.5 Å². The van der Waals surface area contributed by atoms with Crippen molar-refractivity contribution in [1.29, 1.82) is 0 Å². The number of likely N-dealkylation sites (N-methyl/N-ethyl adjacent to an activating group) is 1. The van der Waals surface area contributed by atoms with E-state index in [9.17, 15) is 4.39 Å². The van der Waals surface area contributed by atoms with Crippen LogP contribution in [-0.4, -0.2) is 31.6 Å². The van der Waals surface area contributed by atoms with E-state index in [0.29, 0.717) is 12.6 Å². The minimum absolute atomic E-state index is 0.0562. The van der Waals surface area contributed by atoms with Crippen LogP contribution in [0.25, 0.3) is 0 Å². The monoisotopic (exact) mass is 294 g/mol. The molecule has 0 amide bonds. The Morgan fingerprint density at radius 2 is 2.19 bits per heavy atom. The van der Waals surface area contributed by atoms with E-state index in [1.165, 1.54) is 32.8 Å². The molecule has 1 saturated carbocycles. The number of hydrogen-bond donors (Lipinski definition) is 1. The van der Waals surface area contributed by atoms with Gasteiger partial charge in [0.1, 0.15) is 0 Å². The fourth-order valence-electron chi connectivity index (χ4n) is 3.45. The van der Waals surface area contributed by atoms with Crippen LogP contribution in [0, 0.1) is 11.7 Å². The van der Waals surface area contributed by atoms with Gasteiger partial charge in [-0.25, -0.2) is 4.39 Å². The van der Waals surface area contributed by atoms with E-state index in [1.54, 1.807) is 12.1 Å². The lowest BCUT2D eigenvalue weighted by atomic mass is 9.85. The van der Waals surface area contributed by atoms with Gasteiger partial charge in [0.05, 0.1) is 7.11 Å². The number of halogens is 1. The molecule has 4 heteroatoms. The van der Waals surface area contributed by atoms with Gasteiger partial charge in [-0.15, -0.1) is 0 Å². The fourth-order valence-corrected chi connectivity index (χ4v) is 3.45. The topological polar surface area (TPSA) is 38.5 Å². The average Bonchev–Trinajstić information content (AvgIpc) is 2.48. The Bertz CT molecular complexity index is 466. The Morgan fingerprint density at radius 1 is 1.43 bits per heavy atom. The molecule has 0 bridgehead atoms. The third-order valence-corrected chi connectivity index (χ3v) is 4.76. The molecular weight excluding hydrogens is 267 g/mol. The van der Waals surface area contributed by atoms with Crippen molar-refractivity contribution in [2.45, 2.75) is 44.7 Å². The molecule has 3 nitrogen and oxygen atoms in total. The highest BCUT2D eigenvalue weighted by atomic mass is 19.1. The predicted molar refractivity (Wildman–Crippen MR) is 83.9 cm³/mol. The number of methoxy groups -OCH3 is 1. The second-order valence-electron chi connectivity index (χ2n) is 6.24. The quantitative estimate of drug-likeness (QED) is 0.905. The lowest BCUT2D eigenvalue weighted by molar-refractivity contribution is 0.121. The Kier molecular flexibility index (Phi) is 5.59. The van der Waals surface area contributed by atoms with Crippen LogP contribution in [0.2, 0.25) is 0 Å². The summed E-state index contributed by atoms with van der Waals surface area (Å²) in [6, 6.07) is 5.75. The van der Waals surface area contributed by atoms with Crippen LogP contribution in [0.5, 0.6) is 5.75 Å². The highest BCUT2D eigenvalue weighted by molar-refractivity contribution is 5.31. The summed E-state index contributed by atoms with van der Waals surface area (Å²) < 4.78 is 18.9. The molecule has 2 N–H and O–H groups in total. The van der Waals surface area contributed by atoms with Crippen molar-refractivity contribution in [2.24, 2.45) is 11.7 Å². The van der Waals surface area contributed by atoms with E-state index in [0.717, 1.165) is 11.5 Å². The second kappa shape index (κ2) is 7.23. The van der Waals surface area contributed by atoms with Crippen LogP contribution in [0.4, 0.5) is 4.39 Å². The summed E-state index contributed by atoms with van der Waals surface area (Å²) >= 11 is 0. The average molecular weight is 294 g/mol. The molecule has 0 aliphatic heterocycles. The third kappa shape index (κ3) is 3.74. The number of nitrogens with two attached hydrogens (primary N) is 1. The van der Waals surface area contributed by atoms with Crippen LogP contribution in [0.3, 0.4) is 0 Å². The van der Waals surface area contributed by atoms with Gasteiger partial charge in [0.2, 0.25) is 0 Å². The smallest absolute Gasteiger partial charge is 0.165 e. The SMILES string of the molecule is COc1ccc(C(CN)N(C)C2CCCC(C)C2)cc1F. The van der Waals surface area contributed by atoms with E-state index in [4.69, 9.17) is 10.5 Å². The zero-order chi connectivity index (χ0) is 15.4. The lowest BCUT2D eigenvalue weighted by Gasteiger charge is -2.39. The van der Waals surface area contributed by atoms with Crippen LogP contribution >= 0.6 is 0 Å². The standard InChI is InChI=1S/C17H27FN2O/c1-12-5-4-6-14(9-12)20(2)16(11-19)13-7-8-17(21-3)15(18)10-13/h7-8,10,12,14,16H,4-6,9,11,19H2,1-3H3. The Hall–Kier alpha value is -1.13. The first-order chi connectivity index (χ1) is 10.1. The lowest BCUT2D eigenvalue weighted by Crippen LogP contribution is -2.41. The molecule has 0 saturated heterocycles. The van der Waals surface area contributed by atoms with Crippen LogP contribution in [0.1, 0.15) is 44.2 Å². The predicted octanol–water partition coefficient (Wildman–Crippen LogP) is 3.34. The molecular formula is C17H27FN2O. The molecule has 0 radical (unpaired) electrons. The molecule has 3 atom stereocenters. The summed E-state index contributed by atoms with van der Waals surface area (Å²) in [5.74, 6) is 0.722. The van der Waals surface area contributed by atoms with Crippen molar-refractivity contribution in [3.05, 3.63) is 29.6 Å². The number of rotatable bonds is 5. The molecule has 1 fully saturated rings. The molecule has 0 spiro atoms. The van der Waals surface area contributed by atoms with E-state index < -0.39 is 0 Å². The van der Waals surface area contributed by atoms with Crippen molar-refractivity contribution in [3.8, 4) is 5.75 Å². The zero-order valence-electron chi connectivity index (χ0n) is 13.3. The van der Waals surface area contributed by atoms with E-state index in [1.807, 2.05) is 6.07 Å². The summed E-state index contributed by atoms with van der Waals surface area (Å²) in [4.78, 5) is 2.33. The first-order valence-electron chi connectivity index (χ1n) is 7.82. The van der Waals surface area contributed by atoms with Crippen LogP contribution < -0.4 is 10.5 Å². The summed E-state index contributed by atoms with van der Waals surface area (Å²) in [5.41, 5.74) is 6.90. The summed E-state index contributed by atoms with van der Waals surface area (Å²) in [5, 5.41) is 0. The van der Waals surface area contributed by atoms with Crippen molar-refractivity contribution < 1.29 is 9.13 Å². The van der Waals surface area contributed by atoms with E-state index >= 15 is 0 Å². The largest absolute Gasteiger partial charge is 0.494 e. The molecule has 1 aliphatic rings. The maximum atomic E-state index is 13.9. The van der Waals surface area contributed by atoms with Gasteiger partial charge >= 0.3 is 0 Å². The van der Waals surface area contributed by atoms with E-state index in [2.05, 4.69) is 18.9 Å². The fraction of sp³-hybridized carbons (Fsp3) is 0.647. The highest BCUT2D eigenvalue weighted by Crippen LogP contribution is 2.32. The summed E-state index contributed by atoms with van der Waals surface area (Å²) in [6.45, 7) is 2.80. The summed E-state index contributed by atoms with van der Waals surface area (Å²) in [6.07, 6.45) is 4.99. The minimum Gasteiger partial charge on any atom is -0.494 e. The summed E-state index contributed by atoms with van der Waals surface area (Å²) in [7, 11) is 3.59. The Morgan fingerprint density at radius 3 is 2.76 bits per heavy atom. The number of benzene rings is 1. The van der Waals surface area contributed by atoms with Gasteiger partial charge in [0, 0.05) is 18.6 Å². The number of hydrogen-bond acceptors (Lipinski definition) is 3. The first-order valence-corrected chi connectivity index (χ1v) is 7.82. The minimum atomic E-state index is -0.320. The normalized spacial score (nSPS) is 24.1. The van der Waals surface area contributed by atoms with Crippen molar-refractivity contribution in [3.63, 3.8) is 0 Å². The third-order valence-electron chi connectivity index (χ3n) is 4.76. The van der Waals surface area contributed by atoms with Gasteiger partial charge in [-0.3, -0.25) is 4.90 Å². The Balaban J connectivity index is 2.16. The van der Waals surface area contributed by atoms with E-state index in [-0.39, 0.29) is 17.6 Å². The van der Waals surface area contributed by atoms with Gasteiger partial charge in [-0.2, -0.15) is 0 Å². The second-order valence-corrected chi connectivity index (χ2v) is 6.24. The molecule has 3 unspecified atom stereocenters. The molecule has 0 heterocycles. The maximum Gasteiger partial charge on any atom is 0.165 e. The van der Waals surface area contributed by atoms with Gasteiger partial charge in [0.25, 0.3) is 0 Å². The Labute approximate surface area is 127 Å². The molecule has 2 rings (SSSR count). The molecule has 0 aromatic heterocycles.